The minimum atomic E-state index is -0.422. The molecule has 172 valence electrons. The number of nitrogens with zero attached hydrogens (tertiary/aromatic N) is 2. The quantitative estimate of drug-likeness (QED) is 0.678. The molecule has 0 bridgehead atoms. The number of carbonyl (C=O) groups is 2. The number of ether oxygens (including phenoxy) is 3. The third-order valence-electron chi connectivity index (χ3n) is 7.10. The molecule has 7 heteroatoms. The van der Waals surface area contributed by atoms with Gasteiger partial charge in [0, 0.05) is 26.2 Å². The second-order valence-electron chi connectivity index (χ2n) is 9.01. The second kappa shape index (κ2) is 9.24. The van der Waals surface area contributed by atoms with Crippen LogP contribution in [0.4, 0.5) is 0 Å². The van der Waals surface area contributed by atoms with E-state index in [-0.39, 0.29) is 29.5 Å². The lowest BCUT2D eigenvalue weighted by atomic mass is 9.77. The van der Waals surface area contributed by atoms with Gasteiger partial charge in [0.1, 0.15) is 11.9 Å². The highest BCUT2D eigenvalue weighted by Crippen LogP contribution is 2.47. The fraction of sp³-hybridized carbons (Fsp3) is 0.600. The van der Waals surface area contributed by atoms with E-state index in [1.807, 2.05) is 36.1 Å². The molecule has 1 saturated carbocycles. The Labute approximate surface area is 189 Å². The lowest BCUT2D eigenvalue weighted by Gasteiger charge is -2.35. The number of rotatable bonds is 6. The summed E-state index contributed by atoms with van der Waals surface area (Å²) in [6, 6.07) is 7.36. The number of hydrogen-bond acceptors (Lipinski definition) is 6. The van der Waals surface area contributed by atoms with Crippen LogP contribution < -0.4 is 4.74 Å². The molecule has 0 radical (unpaired) electrons. The Morgan fingerprint density at radius 1 is 1.09 bits per heavy atom. The zero-order valence-corrected chi connectivity index (χ0v) is 18.8. The first-order valence-corrected chi connectivity index (χ1v) is 12.0. The first-order valence-electron chi connectivity index (χ1n) is 12.0. The summed E-state index contributed by atoms with van der Waals surface area (Å²) in [5, 5.41) is 0. The minimum absolute atomic E-state index is 0.102. The van der Waals surface area contributed by atoms with Gasteiger partial charge in [0.15, 0.2) is 11.5 Å². The van der Waals surface area contributed by atoms with Gasteiger partial charge in [-0.3, -0.25) is 14.5 Å². The molecular formula is C25H32N2O5. The van der Waals surface area contributed by atoms with E-state index in [1.54, 1.807) is 0 Å². The zero-order valence-electron chi connectivity index (χ0n) is 18.8. The van der Waals surface area contributed by atoms with Gasteiger partial charge in [-0.25, -0.2) is 0 Å². The van der Waals surface area contributed by atoms with Crippen LogP contribution >= 0.6 is 0 Å². The highest BCUT2D eigenvalue weighted by Gasteiger charge is 2.51. The predicted molar refractivity (Wildman–Crippen MR) is 118 cm³/mol. The van der Waals surface area contributed by atoms with Crippen LogP contribution in [0.5, 0.6) is 5.75 Å². The van der Waals surface area contributed by atoms with Gasteiger partial charge in [0.05, 0.1) is 37.4 Å². The predicted octanol–water partition coefficient (Wildman–Crippen LogP) is 2.71. The van der Waals surface area contributed by atoms with E-state index in [1.165, 1.54) is 0 Å². The van der Waals surface area contributed by atoms with E-state index in [4.69, 9.17) is 14.2 Å². The topological polar surface area (TPSA) is 68.3 Å². The van der Waals surface area contributed by atoms with E-state index in [2.05, 4.69) is 4.90 Å². The van der Waals surface area contributed by atoms with E-state index >= 15 is 0 Å². The molecule has 1 aromatic carbocycles. The number of hydrogen-bond donors (Lipinski definition) is 0. The summed E-state index contributed by atoms with van der Waals surface area (Å²) in [6.45, 7) is 6.95. The summed E-state index contributed by atoms with van der Waals surface area (Å²) in [7, 11) is 0. The maximum atomic E-state index is 13.7. The van der Waals surface area contributed by atoms with Crippen LogP contribution in [0.15, 0.2) is 35.6 Å². The molecule has 0 spiro atoms. The third kappa shape index (κ3) is 3.92. The summed E-state index contributed by atoms with van der Waals surface area (Å²) in [4.78, 5) is 31.3. The van der Waals surface area contributed by atoms with Gasteiger partial charge in [-0.1, -0.05) is 18.6 Å². The average Bonchev–Trinajstić information content (AvgIpc) is 3.11. The molecular weight excluding hydrogens is 408 g/mol. The van der Waals surface area contributed by atoms with Gasteiger partial charge in [-0.05, 0) is 43.9 Å². The van der Waals surface area contributed by atoms with Crippen molar-refractivity contribution in [3.05, 3.63) is 41.2 Å². The molecule has 1 amide bonds. The molecule has 32 heavy (non-hydrogen) atoms. The van der Waals surface area contributed by atoms with Crippen LogP contribution in [0.3, 0.4) is 0 Å². The molecule has 1 saturated heterocycles. The Balaban J connectivity index is 1.48. The van der Waals surface area contributed by atoms with Crippen molar-refractivity contribution in [2.45, 2.75) is 44.8 Å². The number of ketones is 1. The molecule has 0 N–H and O–H groups in total. The molecule has 3 heterocycles. The monoisotopic (exact) mass is 440 g/mol. The molecule has 0 aromatic heterocycles. The highest BCUT2D eigenvalue weighted by molar-refractivity contribution is 6.11. The van der Waals surface area contributed by atoms with E-state index in [0.29, 0.717) is 31.9 Å². The molecule has 2 fully saturated rings. The molecule has 3 aliphatic heterocycles. The van der Waals surface area contributed by atoms with Gasteiger partial charge in [-0.2, -0.15) is 0 Å². The molecule has 3 atom stereocenters. The summed E-state index contributed by atoms with van der Waals surface area (Å²) in [5.41, 5.74) is 1.45. The molecule has 3 unspecified atom stereocenters. The Morgan fingerprint density at radius 2 is 1.91 bits per heavy atom. The van der Waals surface area contributed by atoms with Crippen molar-refractivity contribution < 1.29 is 23.8 Å². The number of amides is 1. The van der Waals surface area contributed by atoms with Gasteiger partial charge in [0.2, 0.25) is 0 Å². The van der Waals surface area contributed by atoms with Crippen molar-refractivity contribution in [1.82, 2.24) is 9.80 Å². The van der Waals surface area contributed by atoms with Crippen LogP contribution in [-0.4, -0.2) is 73.6 Å². The largest absolute Gasteiger partial charge is 0.494 e. The van der Waals surface area contributed by atoms with Crippen molar-refractivity contribution >= 4 is 11.7 Å². The maximum absolute atomic E-state index is 13.7. The number of morpholine rings is 1. The number of carbonyl (C=O) groups excluding carboxylic acids is 2. The Bertz CT molecular complexity index is 907. The normalized spacial score (nSPS) is 28.4. The smallest absolute Gasteiger partial charge is 0.290 e. The van der Waals surface area contributed by atoms with Crippen LogP contribution in [0.25, 0.3) is 0 Å². The van der Waals surface area contributed by atoms with Crippen molar-refractivity contribution in [1.29, 1.82) is 0 Å². The van der Waals surface area contributed by atoms with E-state index < -0.39 is 6.04 Å². The summed E-state index contributed by atoms with van der Waals surface area (Å²) in [5.74, 6) is 0.848. The molecule has 4 aliphatic rings. The second-order valence-corrected chi connectivity index (χ2v) is 9.01. The van der Waals surface area contributed by atoms with Gasteiger partial charge >= 0.3 is 0 Å². The Kier molecular flexibility index (Phi) is 6.20. The molecule has 5 rings (SSSR count). The fourth-order valence-electron chi connectivity index (χ4n) is 5.48. The Hall–Kier alpha value is -2.38. The lowest BCUT2D eigenvalue weighted by Crippen LogP contribution is -2.43. The molecule has 1 aliphatic carbocycles. The van der Waals surface area contributed by atoms with Crippen molar-refractivity contribution in [2.75, 3.05) is 46.0 Å². The summed E-state index contributed by atoms with van der Waals surface area (Å²) < 4.78 is 17.4. The highest BCUT2D eigenvalue weighted by atomic mass is 16.5. The fourth-order valence-corrected chi connectivity index (χ4v) is 5.48. The van der Waals surface area contributed by atoms with Crippen LogP contribution in [0, 0.1) is 5.92 Å². The van der Waals surface area contributed by atoms with Crippen molar-refractivity contribution in [3.63, 3.8) is 0 Å². The number of benzene rings is 1. The van der Waals surface area contributed by atoms with Crippen molar-refractivity contribution in [3.8, 4) is 5.75 Å². The first-order chi connectivity index (χ1) is 15.7. The van der Waals surface area contributed by atoms with Gasteiger partial charge in [-0.15, -0.1) is 0 Å². The van der Waals surface area contributed by atoms with Crippen molar-refractivity contribution in [2.24, 2.45) is 5.92 Å². The Morgan fingerprint density at radius 3 is 2.72 bits per heavy atom. The maximum Gasteiger partial charge on any atom is 0.290 e. The van der Waals surface area contributed by atoms with Crippen LogP contribution in [0.1, 0.15) is 44.2 Å². The molecule has 7 nitrogen and oxygen atoms in total. The third-order valence-corrected chi connectivity index (χ3v) is 7.10. The van der Waals surface area contributed by atoms with Gasteiger partial charge < -0.3 is 19.1 Å². The standard InChI is InChI=1S/C25H32N2O5/c1-2-31-18-7-5-6-17(16-18)22-21-23(28)19-8-3-4-9-20(19)32-24(21)25(29)27(22)11-10-26-12-14-30-15-13-26/h5-7,16,19-20,22H,2-4,8-15H2,1H3. The van der Waals surface area contributed by atoms with Gasteiger partial charge in [0.25, 0.3) is 5.91 Å². The number of Topliss-reactive ketones (excluding diaryl/α,β-unsaturated/α-hetero) is 1. The van der Waals surface area contributed by atoms with E-state index in [0.717, 1.165) is 56.6 Å². The van der Waals surface area contributed by atoms with Crippen LogP contribution in [0.2, 0.25) is 0 Å². The SMILES string of the molecule is CCOc1cccc(C2C3=C(OC4CCCCC4C3=O)C(=O)N2CCN2CCOCC2)c1. The number of fused-ring (bicyclic) bond motifs is 1. The molecule has 1 aromatic rings. The average molecular weight is 441 g/mol. The van der Waals surface area contributed by atoms with E-state index in [9.17, 15) is 9.59 Å². The first kappa shape index (κ1) is 21.5. The van der Waals surface area contributed by atoms with Crippen LogP contribution in [-0.2, 0) is 19.1 Å². The lowest BCUT2D eigenvalue weighted by molar-refractivity contribution is -0.135. The minimum Gasteiger partial charge on any atom is -0.494 e. The zero-order chi connectivity index (χ0) is 22.1. The summed E-state index contributed by atoms with van der Waals surface area (Å²) in [6.07, 6.45) is 3.62. The summed E-state index contributed by atoms with van der Waals surface area (Å²) >= 11 is 0.